The first-order valence-corrected chi connectivity index (χ1v) is 9.30. The molecule has 2 atom stereocenters. The van der Waals surface area contributed by atoms with E-state index in [2.05, 4.69) is 37.9 Å². The highest BCUT2D eigenvalue weighted by Crippen LogP contribution is 2.25. The van der Waals surface area contributed by atoms with E-state index < -0.39 is 33.8 Å². The second kappa shape index (κ2) is 11.9. The lowest BCUT2D eigenvalue weighted by Gasteiger charge is -2.31. The molecule has 24 heavy (non-hydrogen) atoms. The van der Waals surface area contributed by atoms with E-state index in [0.29, 0.717) is 12.2 Å². The minimum Gasteiger partial charge on any atom is -0.465 e. The molecule has 6 nitrogen and oxygen atoms in total. The van der Waals surface area contributed by atoms with Gasteiger partial charge in [0, 0.05) is 5.75 Å². The van der Waals surface area contributed by atoms with Crippen LogP contribution in [0.1, 0.15) is 33.6 Å². The Balaban J connectivity index is 4.94. The van der Waals surface area contributed by atoms with E-state index in [9.17, 15) is 14.4 Å². The fraction of sp³-hybridized carbons (Fsp3) is 0.800. The Kier molecular flexibility index (Phi) is 11.6. The predicted octanol–water partition coefficient (Wildman–Crippen LogP) is 1.97. The zero-order valence-corrected chi connectivity index (χ0v) is 16.9. The molecule has 140 valence electrons. The molecule has 2 unspecified atom stereocenters. The first kappa shape index (κ1) is 23.5. The van der Waals surface area contributed by atoms with Crippen molar-refractivity contribution in [3.05, 3.63) is 0 Å². The summed E-state index contributed by atoms with van der Waals surface area (Å²) >= 11 is 12.0. The van der Waals surface area contributed by atoms with Crippen molar-refractivity contribution >= 4 is 55.8 Å². The lowest BCUT2D eigenvalue weighted by molar-refractivity contribution is -0.161. The summed E-state index contributed by atoms with van der Waals surface area (Å²) in [5.74, 6) is -1.03. The van der Waals surface area contributed by atoms with Crippen molar-refractivity contribution in [3.63, 3.8) is 0 Å². The molecule has 0 saturated heterocycles. The van der Waals surface area contributed by atoms with Crippen molar-refractivity contribution in [2.24, 2.45) is 5.41 Å². The fourth-order valence-electron chi connectivity index (χ4n) is 1.52. The Morgan fingerprint density at radius 3 is 1.67 bits per heavy atom. The van der Waals surface area contributed by atoms with E-state index in [4.69, 9.17) is 14.2 Å². The van der Waals surface area contributed by atoms with E-state index in [-0.39, 0.29) is 26.2 Å². The summed E-state index contributed by atoms with van der Waals surface area (Å²) in [5.41, 5.74) is -0.817. The highest BCUT2D eigenvalue weighted by molar-refractivity contribution is 7.82. The molecule has 0 fully saturated rings. The molecule has 0 heterocycles. The minimum absolute atomic E-state index is 0.0292. The van der Waals surface area contributed by atoms with Gasteiger partial charge >= 0.3 is 17.9 Å². The number of ether oxygens (including phenoxy) is 3. The monoisotopic (exact) mass is 398 g/mol. The van der Waals surface area contributed by atoms with E-state index in [0.717, 1.165) is 0 Å². The molecule has 0 radical (unpaired) electrons. The fourth-order valence-corrected chi connectivity index (χ4v) is 1.85. The molecule has 0 aliphatic carbocycles. The zero-order chi connectivity index (χ0) is 18.8. The summed E-state index contributed by atoms with van der Waals surface area (Å²) in [6.07, 6.45) is 0.646. The van der Waals surface area contributed by atoms with E-state index >= 15 is 0 Å². The summed E-state index contributed by atoms with van der Waals surface area (Å²) in [4.78, 5) is 34.9. The normalized spacial score (nSPS) is 15.8. The van der Waals surface area contributed by atoms with Crippen molar-refractivity contribution < 1.29 is 28.6 Å². The largest absolute Gasteiger partial charge is 0.465 e. The Bertz CT molecular complexity index is 401. The molecule has 0 amide bonds. The molecule has 0 aromatic heterocycles. The van der Waals surface area contributed by atoms with Gasteiger partial charge in [-0.1, -0.05) is 6.92 Å². The van der Waals surface area contributed by atoms with Gasteiger partial charge in [-0.25, -0.2) is 0 Å². The van der Waals surface area contributed by atoms with Gasteiger partial charge < -0.3 is 14.2 Å². The van der Waals surface area contributed by atoms with Crippen LogP contribution in [0.2, 0.25) is 0 Å². The Morgan fingerprint density at radius 1 is 0.917 bits per heavy atom. The van der Waals surface area contributed by atoms with Crippen LogP contribution in [0.3, 0.4) is 0 Å². The molecular weight excluding hydrogens is 372 g/mol. The Morgan fingerprint density at radius 2 is 1.33 bits per heavy atom. The maximum atomic E-state index is 11.7. The third-order valence-corrected chi connectivity index (χ3v) is 3.97. The Labute approximate surface area is 159 Å². The van der Waals surface area contributed by atoms with E-state index in [1.807, 2.05) is 6.92 Å². The second-order valence-electron chi connectivity index (χ2n) is 5.56. The number of carbonyl (C=O) groups excluding carboxylic acids is 3. The lowest BCUT2D eigenvalue weighted by atomic mass is 9.88. The average molecular weight is 399 g/mol. The molecule has 0 aromatic rings. The SMILES string of the molecule is CCC(COC(=O)CCS)(COC(=O)C(C)S)COC(=O)C(C)S. The molecule has 0 aliphatic heterocycles. The van der Waals surface area contributed by atoms with Crippen LogP contribution in [0.4, 0.5) is 0 Å². The molecule has 0 saturated carbocycles. The average Bonchev–Trinajstić information content (AvgIpc) is 2.54. The van der Waals surface area contributed by atoms with Crippen molar-refractivity contribution in [1.82, 2.24) is 0 Å². The van der Waals surface area contributed by atoms with Gasteiger partial charge in [-0.3, -0.25) is 14.4 Å². The first-order valence-electron chi connectivity index (χ1n) is 7.63. The summed E-state index contributed by atoms with van der Waals surface area (Å²) < 4.78 is 15.6. The van der Waals surface area contributed by atoms with Gasteiger partial charge in [0.15, 0.2) is 0 Å². The summed E-state index contributed by atoms with van der Waals surface area (Å²) in [7, 11) is 0. The number of hydrogen-bond donors (Lipinski definition) is 3. The maximum Gasteiger partial charge on any atom is 0.318 e. The van der Waals surface area contributed by atoms with Gasteiger partial charge in [0.05, 0.1) is 22.3 Å². The number of thiol groups is 3. The van der Waals surface area contributed by atoms with Gasteiger partial charge in [0.2, 0.25) is 0 Å². The van der Waals surface area contributed by atoms with Gasteiger partial charge in [0.1, 0.15) is 19.8 Å². The summed E-state index contributed by atoms with van der Waals surface area (Å²) in [6, 6.07) is 0. The molecule has 0 rings (SSSR count). The third-order valence-electron chi connectivity index (χ3n) is 3.33. The molecule has 0 N–H and O–H groups in total. The molecule has 0 spiro atoms. The molecule has 0 bridgehead atoms. The molecule has 0 aliphatic rings. The van der Waals surface area contributed by atoms with Crippen LogP contribution in [-0.4, -0.2) is 54.0 Å². The van der Waals surface area contributed by atoms with Crippen molar-refractivity contribution in [1.29, 1.82) is 0 Å². The second-order valence-corrected chi connectivity index (χ2v) is 7.55. The first-order chi connectivity index (χ1) is 11.2. The van der Waals surface area contributed by atoms with Gasteiger partial charge in [0.25, 0.3) is 0 Å². The van der Waals surface area contributed by atoms with Crippen LogP contribution in [-0.2, 0) is 28.6 Å². The number of rotatable bonds is 11. The number of esters is 3. The van der Waals surface area contributed by atoms with Crippen molar-refractivity contribution in [2.45, 2.75) is 44.1 Å². The highest BCUT2D eigenvalue weighted by Gasteiger charge is 2.34. The van der Waals surface area contributed by atoms with Crippen LogP contribution in [0.5, 0.6) is 0 Å². The predicted molar refractivity (Wildman–Crippen MR) is 101 cm³/mol. The smallest absolute Gasteiger partial charge is 0.318 e. The zero-order valence-electron chi connectivity index (χ0n) is 14.2. The van der Waals surface area contributed by atoms with Gasteiger partial charge in [-0.2, -0.15) is 37.9 Å². The quantitative estimate of drug-likeness (QED) is 0.281. The summed E-state index contributed by atoms with van der Waals surface area (Å²) in [6.45, 7) is 4.90. The van der Waals surface area contributed by atoms with Crippen LogP contribution in [0.25, 0.3) is 0 Å². The number of hydrogen-bond acceptors (Lipinski definition) is 9. The van der Waals surface area contributed by atoms with Gasteiger partial charge in [-0.05, 0) is 20.3 Å². The lowest BCUT2D eigenvalue weighted by Crippen LogP contribution is -2.40. The molecular formula is C15H26O6S3. The van der Waals surface area contributed by atoms with Crippen molar-refractivity contribution in [3.8, 4) is 0 Å². The molecule has 0 aromatic carbocycles. The van der Waals surface area contributed by atoms with Crippen LogP contribution >= 0.6 is 37.9 Å². The van der Waals surface area contributed by atoms with Crippen molar-refractivity contribution in [2.75, 3.05) is 25.6 Å². The van der Waals surface area contributed by atoms with Crippen LogP contribution in [0, 0.1) is 5.41 Å². The van der Waals surface area contributed by atoms with E-state index in [1.54, 1.807) is 13.8 Å². The summed E-state index contributed by atoms with van der Waals surface area (Å²) in [5, 5.41) is -1.15. The van der Waals surface area contributed by atoms with Crippen LogP contribution < -0.4 is 0 Å². The van der Waals surface area contributed by atoms with Gasteiger partial charge in [-0.15, -0.1) is 0 Å². The molecule has 9 heteroatoms. The van der Waals surface area contributed by atoms with E-state index in [1.165, 1.54) is 0 Å². The standard InChI is InChI=1S/C15H26O6S3/c1-4-15(7-19-12(16)5-6-22,8-20-13(17)10(2)23)9-21-14(18)11(3)24/h10-11,22-24H,4-9H2,1-3H3. The highest BCUT2D eigenvalue weighted by atomic mass is 32.1. The number of carbonyl (C=O) groups is 3. The third kappa shape index (κ3) is 9.08. The maximum absolute atomic E-state index is 11.7. The topological polar surface area (TPSA) is 78.9 Å². The minimum atomic E-state index is -0.817. The Hall–Kier alpha value is -0.540. The van der Waals surface area contributed by atoms with Crippen LogP contribution in [0.15, 0.2) is 0 Å².